The van der Waals surface area contributed by atoms with Crippen LogP contribution in [0.25, 0.3) is 0 Å². The molecule has 0 spiro atoms. The van der Waals surface area contributed by atoms with Crippen LogP contribution >= 0.6 is 11.3 Å². The molecule has 17 heavy (non-hydrogen) atoms. The quantitative estimate of drug-likeness (QED) is 0.815. The van der Waals surface area contributed by atoms with Crippen molar-refractivity contribution in [3.05, 3.63) is 46.7 Å². The summed E-state index contributed by atoms with van der Waals surface area (Å²) >= 11 is 1.75. The first-order valence-corrected chi connectivity index (χ1v) is 6.60. The molecule has 1 heterocycles. The molecular formula is C14H18N2S. The van der Waals surface area contributed by atoms with Gasteiger partial charge in [0.2, 0.25) is 0 Å². The lowest BCUT2D eigenvalue weighted by Crippen LogP contribution is -2.16. The van der Waals surface area contributed by atoms with Crippen LogP contribution in [0.5, 0.6) is 0 Å². The molecule has 0 bridgehead atoms. The molecule has 0 fully saturated rings. The van der Waals surface area contributed by atoms with E-state index in [-0.39, 0.29) is 0 Å². The van der Waals surface area contributed by atoms with Gasteiger partial charge < -0.3 is 9.80 Å². The fourth-order valence-corrected chi connectivity index (χ4v) is 2.41. The van der Waals surface area contributed by atoms with Crippen LogP contribution in [0.3, 0.4) is 0 Å². The van der Waals surface area contributed by atoms with Crippen LogP contribution in [0.1, 0.15) is 5.56 Å². The fourth-order valence-electron chi connectivity index (χ4n) is 1.75. The predicted octanol–water partition coefficient (Wildman–Crippen LogP) is 3.45. The predicted molar refractivity (Wildman–Crippen MR) is 77.2 cm³/mol. The molecule has 3 heteroatoms. The van der Waals surface area contributed by atoms with Gasteiger partial charge in [-0.15, -0.1) is 0 Å². The number of hydrogen-bond acceptors (Lipinski definition) is 3. The van der Waals surface area contributed by atoms with E-state index in [0.29, 0.717) is 0 Å². The number of thiophene rings is 1. The first kappa shape index (κ1) is 12.0. The van der Waals surface area contributed by atoms with Gasteiger partial charge >= 0.3 is 0 Å². The van der Waals surface area contributed by atoms with Gasteiger partial charge in [0.1, 0.15) is 0 Å². The Hall–Kier alpha value is -1.48. The van der Waals surface area contributed by atoms with Gasteiger partial charge in [-0.25, -0.2) is 0 Å². The Balaban J connectivity index is 2.06. The van der Waals surface area contributed by atoms with E-state index in [1.54, 1.807) is 11.3 Å². The summed E-state index contributed by atoms with van der Waals surface area (Å²) in [5.41, 5.74) is 3.86. The van der Waals surface area contributed by atoms with Gasteiger partial charge in [-0.05, 0) is 46.7 Å². The second kappa shape index (κ2) is 5.23. The summed E-state index contributed by atoms with van der Waals surface area (Å²) in [5, 5.41) is 4.32. The maximum absolute atomic E-state index is 2.27. The lowest BCUT2D eigenvalue weighted by Gasteiger charge is -2.20. The Morgan fingerprint density at radius 1 is 0.941 bits per heavy atom. The van der Waals surface area contributed by atoms with Crippen molar-refractivity contribution in [2.24, 2.45) is 0 Å². The highest BCUT2D eigenvalue weighted by atomic mass is 32.1. The molecule has 2 aromatic rings. The van der Waals surface area contributed by atoms with Gasteiger partial charge in [0.05, 0.1) is 0 Å². The van der Waals surface area contributed by atoms with Crippen molar-refractivity contribution in [3.63, 3.8) is 0 Å². The molecule has 0 unspecified atom stereocenters. The average molecular weight is 246 g/mol. The maximum atomic E-state index is 2.27. The van der Waals surface area contributed by atoms with Gasteiger partial charge in [0.25, 0.3) is 0 Å². The first-order chi connectivity index (χ1) is 8.16. The minimum absolute atomic E-state index is 0.963. The van der Waals surface area contributed by atoms with Crippen molar-refractivity contribution in [1.82, 2.24) is 0 Å². The minimum Gasteiger partial charge on any atom is -0.378 e. The van der Waals surface area contributed by atoms with Crippen molar-refractivity contribution < 1.29 is 0 Å². The number of anilines is 2. The second-order valence-corrected chi connectivity index (χ2v) is 5.18. The van der Waals surface area contributed by atoms with E-state index in [1.165, 1.54) is 16.9 Å². The highest BCUT2D eigenvalue weighted by molar-refractivity contribution is 7.07. The third-order valence-corrected chi connectivity index (χ3v) is 3.54. The van der Waals surface area contributed by atoms with E-state index in [9.17, 15) is 0 Å². The molecule has 0 radical (unpaired) electrons. The van der Waals surface area contributed by atoms with Gasteiger partial charge in [0.15, 0.2) is 0 Å². The van der Waals surface area contributed by atoms with Crippen molar-refractivity contribution in [2.45, 2.75) is 6.54 Å². The maximum Gasteiger partial charge on any atom is 0.0434 e. The summed E-state index contributed by atoms with van der Waals surface area (Å²) in [6.45, 7) is 0.963. The highest BCUT2D eigenvalue weighted by Gasteiger charge is 2.03. The normalized spacial score (nSPS) is 10.3. The van der Waals surface area contributed by atoms with Crippen LogP contribution in [0, 0.1) is 0 Å². The summed E-state index contributed by atoms with van der Waals surface area (Å²) in [5.74, 6) is 0. The van der Waals surface area contributed by atoms with Gasteiger partial charge in [-0.1, -0.05) is 0 Å². The van der Waals surface area contributed by atoms with E-state index >= 15 is 0 Å². The zero-order valence-electron chi connectivity index (χ0n) is 10.6. The lowest BCUT2D eigenvalue weighted by molar-refractivity contribution is 0.927. The molecule has 2 nitrogen and oxygen atoms in total. The molecule has 0 saturated heterocycles. The van der Waals surface area contributed by atoms with Crippen LogP contribution in [-0.2, 0) is 6.54 Å². The van der Waals surface area contributed by atoms with E-state index in [0.717, 1.165) is 6.54 Å². The topological polar surface area (TPSA) is 6.48 Å². The van der Waals surface area contributed by atoms with Crippen molar-refractivity contribution in [1.29, 1.82) is 0 Å². The van der Waals surface area contributed by atoms with Crippen LogP contribution in [0.15, 0.2) is 41.1 Å². The molecule has 0 atom stereocenters. The SMILES string of the molecule is CN(C)c1ccc(N(C)Cc2ccsc2)cc1. The molecule has 1 aromatic heterocycles. The molecule has 0 N–H and O–H groups in total. The largest absolute Gasteiger partial charge is 0.378 e. The van der Waals surface area contributed by atoms with Crippen LogP contribution in [-0.4, -0.2) is 21.1 Å². The molecule has 0 aliphatic carbocycles. The first-order valence-electron chi connectivity index (χ1n) is 5.66. The van der Waals surface area contributed by atoms with Crippen LogP contribution < -0.4 is 9.80 Å². The molecule has 0 amide bonds. The Bertz CT molecular complexity index is 446. The zero-order chi connectivity index (χ0) is 12.3. The highest BCUT2D eigenvalue weighted by Crippen LogP contribution is 2.20. The lowest BCUT2D eigenvalue weighted by atomic mass is 10.2. The van der Waals surface area contributed by atoms with E-state index in [1.807, 2.05) is 0 Å². The van der Waals surface area contributed by atoms with E-state index in [2.05, 4.69) is 72.0 Å². The van der Waals surface area contributed by atoms with Gasteiger partial charge in [-0.2, -0.15) is 11.3 Å². The smallest absolute Gasteiger partial charge is 0.0434 e. The minimum atomic E-state index is 0.963. The van der Waals surface area contributed by atoms with Gasteiger partial charge in [-0.3, -0.25) is 0 Å². The molecule has 2 rings (SSSR count). The number of rotatable bonds is 4. The van der Waals surface area contributed by atoms with Crippen molar-refractivity contribution >= 4 is 22.7 Å². The monoisotopic (exact) mass is 246 g/mol. The van der Waals surface area contributed by atoms with Crippen molar-refractivity contribution in [2.75, 3.05) is 30.9 Å². The van der Waals surface area contributed by atoms with Crippen molar-refractivity contribution in [3.8, 4) is 0 Å². The summed E-state index contributed by atoms with van der Waals surface area (Å²) < 4.78 is 0. The standard InChI is InChI=1S/C14H18N2S/c1-15(2)13-4-6-14(7-5-13)16(3)10-12-8-9-17-11-12/h4-9,11H,10H2,1-3H3. The molecule has 1 aromatic carbocycles. The van der Waals surface area contributed by atoms with Crippen LogP contribution in [0.2, 0.25) is 0 Å². The Morgan fingerprint density at radius 3 is 2.12 bits per heavy atom. The third kappa shape index (κ3) is 3.01. The molecular weight excluding hydrogens is 228 g/mol. The summed E-state index contributed by atoms with van der Waals surface area (Å²) in [4.78, 5) is 4.38. The Labute approximate surface area is 107 Å². The van der Waals surface area contributed by atoms with E-state index < -0.39 is 0 Å². The number of hydrogen-bond donors (Lipinski definition) is 0. The third-order valence-electron chi connectivity index (χ3n) is 2.81. The molecule has 0 aliphatic rings. The molecule has 90 valence electrons. The number of benzene rings is 1. The molecule has 0 saturated carbocycles. The Morgan fingerprint density at radius 2 is 1.59 bits per heavy atom. The zero-order valence-corrected chi connectivity index (χ0v) is 11.4. The van der Waals surface area contributed by atoms with Crippen LogP contribution in [0.4, 0.5) is 11.4 Å². The van der Waals surface area contributed by atoms with E-state index in [4.69, 9.17) is 0 Å². The molecule has 0 aliphatic heterocycles. The number of nitrogens with zero attached hydrogens (tertiary/aromatic N) is 2. The average Bonchev–Trinajstić information content (AvgIpc) is 2.82. The fraction of sp³-hybridized carbons (Fsp3) is 0.286. The summed E-state index contributed by atoms with van der Waals surface area (Å²) in [6.07, 6.45) is 0. The summed E-state index contributed by atoms with van der Waals surface area (Å²) in [6, 6.07) is 10.8. The second-order valence-electron chi connectivity index (χ2n) is 4.40. The Kier molecular flexibility index (Phi) is 3.69. The summed E-state index contributed by atoms with van der Waals surface area (Å²) in [7, 11) is 6.25. The van der Waals surface area contributed by atoms with Gasteiger partial charge in [0, 0.05) is 39.1 Å².